The highest BCUT2D eigenvalue weighted by molar-refractivity contribution is 9.11. The molecule has 0 atom stereocenters. The number of nitrogens with one attached hydrogen (secondary N) is 1. The first-order chi connectivity index (χ1) is 14.6. The van der Waals surface area contributed by atoms with E-state index in [0.29, 0.717) is 36.0 Å². The van der Waals surface area contributed by atoms with Crippen molar-refractivity contribution in [2.75, 3.05) is 18.5 Å². The molecule has 5 rings (SSSR count). The summed E-state index contributed by atoms with van der Waals surface area (Å²) >= 11 is 8.71. The molecule has 30 heavy (non-hydrogen) atoms. The molecule has 1 N–H and O–H groups in total. The lowest BCUT2D eigenvalue weighted by molar-refractivity contribution is 0.102. The molecule has 3 aromatic carbocycles. The van der Waals surface area contributed by atoms with Crippen molar-refractivity contribution in [1.29, 1.82) is 0 Å². The number of fused-ring (bicyclic) bond motifs is 2. The molecule has 1 amide bonds. The number of carbonyl (C=O) groups excluding carboxylic acids is 1. The summed E-state index contributed by atoms with van der Waals surface area (Å²) < 4.78 is 13.9. The van der Waals surface area contributed by atoms with Crippen LogP contribution in [0.1, 0.15) is 10.4 Å². The van der Waals surface area contributed by atoms with E-state index in [9.17, 15) is 4.79 Å². The van der Waals surface area contributed by atoms with Gasteiger partial charge in [0.25, 0.3) is 5.91 Å². The van der Waals surface area contributed by atoms with Crippen molar-refractivity contribution in [2.24, 2.45) is 0 Å². The Bertz CT molecular complexity index is 1260. The fraction of sp³-hybridized carbons (Fsp3) is 0.0909. The quantitative estimate of drug-likeness (QED) is 0.318. The molecule has 8 heteroatoms. The van der Waals surface area contributed by atoms with Crippen LogP contribution < -0.4 is 14.8 Å². The second kappa shape index (κ2) is 8.02. The van der Waals surface area contributed by atoms with E-state index >= 15 is 0 Å². The van der Waals surface area contributed by atoms with Gasteiger partial charge in [-0.1, -0.05) is 28.1 Å². The summed E-state index contributed by atoms with van der Waals surface area (Å²) in [6, 6.07) is 17.0. The lowest BCUT2D eigenvalue weighted by Gasteiger charge is -2.19. The normalized spacial score (nSPS) is 12.7. The second-order valence-corrected chi connectivity index (χ2v) is 9.41. The van der Waals surface area contributed by atoms with Crippen LogP contribution in [0.3, 0.4) is 0 Å². The molecule has 0 saturated heterocycles. The predicted octanol–water partition coefficient (Wildman–Crippen LogP) is 6.51. The molecule has 0 aliphatic carbocycles. The average Bonchev–Trinajstić information content (AvgIpc) is 3.19. The second-order valence-electron chi connectivity index (χ2n) is 6.61. The zero-order valence-electron chi connectivity index (χ0n) is 15.4. The molecular weight excluding hydrogens is 532 g/mol. The lowest BCUT2D eigenvalue weighted by Crippen LogP contribution is -2.17. The molecule has 0 unspecified atom stereocenters. The Morgan fingerprint density at radius 2 is 1.80 bits per heavy atom. The SMILES string of the molecule is O=C(Nc1c(Br)cc(Br)cc1-c1nc2ccccc2s1)c1ccc2c(c1)OCCO2. The first-order valence-corrected chi connectivity index (χ1v) is 11.5. The van der Waals surface area contributed by atoms with E-state index in [0.717, 1.165) is 29.7 Å². The molecule has 2 heterocycles. The maximum absolute atomic E-state index is 13.0. The standard InChI is InChI=1S/C22H14Br2N2O3S/c23-13-10-14(22-25-16-3-1-2-4-19(16)30-22)20(15(24)11-13)26-21(27)12-5-6-17-18(9-12)29-8-7-28-17/h1-6,9-11H,7-8H2,(H,26,27). The number of carbonyl (C=O) groups is 1. The number of thiazole rings is 1. The monoisotopic (exact) mass is 544 g/mol. The number of hydrogen-bond donors (Lipinski definition) is 1. The number of anilines is 1. The molecule has 0 radical (unpaired) electrons. The van der Waals surface area contributed by atoms with Gasteiger partial charge in [0.1, 0.15) is 18.2 Å². The highest BCUT2D eigenvalue weighted by atomic mass is 79.9. The molecule has 0 spiro atoms. The van der Waals surface area contributed by atoms with Crippen LogP contribution in [-0.4, -0.2) is 24.1 Å². The van der Waals surface area contributed by atoms with E-state index in [4.69, 9.17) is 14.5 Å². The van der Waals surface area contributed by atoms with Gasteiger partial charge < -0.3 is 14.8 Å². The third-order valence-corrected chi connectivity index (χ3v) is 6.78. The van der Waals surface area contributed by atoms with E-state index in [2.05, 4.69) is 37.2 Å². The number of para-hydroxylation sites is 1. The third-order valence-electron chi connectivity index (χ3n) is 4.62. The van der Waals surface area contributed by atoms with E-state index < -0.39 is 0 Å². The molecule has 0 fully saturated rings. The van der Waals surface area contributed by atoms with Gasteiger partial charge in [-0.3, -0.25) is 4.79 Å². The van der Waals surface area contributed by atoms with Gasteiger partial charge in [0.05, 0.1) is 15.9 Å². The number of rotatable bonds is 3. The molecule has 1 aromatic heterocycles. The molecule has 1 aliphatic rings. The first kappa shape index (κ1) is 19.5. The number of amides is 1. The Balaban J connectivity index is 1.53. The molecule has 0 saturated carbocycles. The Labute approximate surface area is 193 Å². The van der Waals surface area contributed by atoms with Crippen LogP contribution in [0.2, 0.25) is 0 Å². The van der Waals surface area contributed by atoms with Crippen molar-refractivity contribution in [2.45, 2.75) is 0 Å². The minimum absolute atomic E-state index is 0.239. The molecule has 150 valence electrons. The predicted molar refractivity (Wildman–Crippen MR) is 126 cm³/mol. The zero-order chi connectivity index (χ0) is 20.7. The van der Waals surface area contributed by atoms with E-state index in [-0.39, 0.29) is 5.91 Å². The Morgan fingerprint density at radius 3 is 2.63 bits per heavy atom. The fourth-order valence-corrected chi connectivity index (χ4v) is 5.54. The molecular formula is C22H14Br2N2O3S. The van der Waals surface area contributed by atoms with Gasteiger partial charge in [0.15, 0.2) is 11.5 Å². The van der Waals surface area contributed by atoms with E-state index in [1.807, 2.05) is 36.4 Å². The number of nitrogens with zero attached hydrogens (tertiary/aromatic N) is 1. The molecule has 4 aromatic rings. The van der Waals surface area contributed by atoms with Crippen LogP contribution in [0.5, 0.6) is 11.5 Å². The summed E-state index contributed by atoms with van der Waals surface area (Å²) in [6.45, 7) is 0.980. The van der Waals surface area contributed by atoms with Gasteiger partial charge in [-0.2, -0.15) is 0 Å². The fourth-order valence-electron chi connectivity index (χ4n) is 3.23. The van der Waals surface area contributed by atoms with Crippen LogP contribution >= 0.6 is 43.2 Å². The minimum atomic E-state index is -0.239. The third kappa shape index (κ3) is 3.71. The van der Waals surface area contributed by atoms with Crippen LogP contribution in [0.25, 0.3) is 20.8 Å². The largest absolute Gasteiger partial charge is 0.486 e. The van der Waals surface area contributed by atoms with Crippen LogP contribution in [0, 0.1) is 0 Å². The average molecular weight is 546 g/mol. The van der Waals surface area contributed by atoms with Crippen molar-refractivity contribution >= 4 is 65.0 Å². The van der Waals surface area contributed by atoms with Gasteiger partial charge in [0, 0.05) is 20.1 Å². The number of halogens is 2. The Morgan fingerprint density at radius 1 is 1.00 bits per heavy atom. The van der Waals surface area contributed by atoms with Crippen molar-refractivity contribution in [3.8, 4) is 22.1 Å². The van der Waals surface area contributed by atoms with Crippen molar-refractivity contribution < 1.29 is 14.3 Å². The Kier molecular flexibility index (Phi) is 5.22. The van der Waals surface area contributed by atoms with Crippen molar-refractivity contribution in [1.82, 2.24) is 4.98 Å². The first-order valence-electron chi connectivity index (χ1n) is 9.14. The minimum Gasteiger partial charge on any atom is -0.486 e. The van der Waals surface area contributed by atoms with E-state index in [1.54, 1.807) is 29.5 Å². The maximum atomic E-state index is 13.0. The summed E-state index contributed by atoms with van der Waals surface area (Å²) in [6.07, 6.45) is 0. The zero-order valence-corrected chi connectivity index (χ0v) is 19.4. The maximum Gasteiger partial charge on any atom is 0.255 e. The highest BCUT2D eigenvalue weighted by Gasteiger charge is 2.19. The molecule has 0 bridgehead atoms. The highest BCUT2D eigenvalue weighted by Crippen LogP contribution is 2.41. The lowest BCUT2D eigenvalue weighted by atomic mass is 10.1. The molecule has 1 aliphatic heterocycles. The number of hydrogen-bond acceptors (Lipinski definition) is 5. The van der Waals surface area contributed by atoms with Gasteiger partial charge in [0.2, 0.25) is 0 Å². The van der Waals surface area contributed by atoms with Crippen molar-refractivity contribution in [3.05, 3.63) is 69.1 Å². The van der Waals surface area contributed by atoms with Gasteiger partial charge in [-0.05, 0) is 58.4 Å². The number of aromatic nitrogens is 1. The topological polar surface area (TPSA) is 60.5 Å². The summed E-state index contributed by atoms with van der Waals surface area (Å²) in [5.41, 5.74) is 2.92. The van der Waals surface area contributed by atoms with Crippen LogP contribution in [0.4, 0.5) is 5.69 Å². The van der Waals surface area contributed by atoms with Crippen LogP contribution in [-0.2, 0) is 0 Å². The smallest absolute Gasteiger partial charge is 0.255 e. The van der Waals surface area contributed by atoms with Gasteiger partial charge >= 0.3 is 0 Å². The summed E-state index contributed by atoms with van der Waals surface area (Å²) in [4.78, 5) is 17.8. The van der Waals surface area contributed by atoms with Crippen LogP contribution in [0.15, 0.2) is 63.5 Å². The summed E-state index contributed by atoms with van der Waals surface area (Å²) in [5, 5.41) is 3.86. The van der Waals surface area contributed by atoms with Crippen molar-refractivity contribution in [3.63, 3.8) is 0 Å². The van der Waals surface area contributed by atoms with Gasteiger partial charge in [-0.25, -0.2) is 4.98 Å². The number of benzene rings is 3. The number of ether oxygens (including phenoxy) is 2. The summed E-state index contributed by atoms with van der Waals surface area (Å²) in [7, 11) is 0. The van der Waals surface area contributed by atoms with Gasteiger partial charge in [-0.15, -0.1) is 11.3 Å². The van der Waals surface area contributed by atoms with E-state index in [1.165, 1.54) is 0 Å². The molecule has 5 nitrogen and oxygen atoms in total. The summed E-state index contributed by atoms with van der Waals surface area (Å²) in [5.74, 6) is 0.991. The Hall–Kier alpha value is -2.42.